The fraction of sp³-hybridized carbons (Fsp3) is 0.167. The van der Waals surface area contributed by atoms with Crippen LogP contribution < -0.4 is 5.32 Å². The van der Waals surface area contributed by atoms with Crippen LogP contribution in [0.1, 0.15) is 15.4 Å². The Balaban J connectivity index is 2.22. The molecule has 0 amide bonds. The summed E-state index contributed by atoms with van der Waals surface area (Å²) in [4.78, 5) is 15.7. The Kier molecular flexibility index (Phi) is 3.98. The van der Waals surface area contributed by atoms with E-state index in [-0.39, 0.29) is 5.97 Å². The number of nitrogens with one attached hydrogen (secondary N) is 1. The lowest BCUT2D eigenvalue weighted by atomic mass is 10.2. The Morgan fingerprint density at radius 1 is 1.50 bits per heavy atom. The Labute approximate surface area is 117 Å². The van der Waals surface area contributed by atoms with Gasteiger partial charge < -0.3 is 10.1 Å². The van der Waals surface area contributed by atoms with E-state index in [9.17, 15) is 4.79 Å². The fourth-order valence-electron chi connectivity index (χ4n) is 1.42. The third-order valence-electron chi connectivity index (χ3n) is 2.27. The summed E-state index contributed by atoms with van der Waals surface area (Å²) < 4.78 is 5.45. The Morgan fingerprint density at radius 3 is 2.83 bits per heavy atom. The normalized spacial score (nSPS) is 10.2. The lowest BCUT2D eigenvalue weighted by molar-refractivity contribution is 0.0600. The molecule has 0 fully saturated rings. The van der Waals surface area contributed by atoms with Gasteiger partial charge in [0.2, 0.25) is 0 Å². The van der Waals surface area contributed by atoms with E-state index in [1.54, 1.807) is 23.5 Å². The van der Waals surface area contributed by atoms with Gasteiger partial charge in [0.25, 0.3) is 0 Å². The van der Waals surface area contributed by atoms with E-state index >= 15 is 0 Å². The summed E-state index contributed by atoms with van der Waals surface area (Å²) in [6.07, 6.45) is 0. The number of carbonyl (C=O) groups is 1. The topological polar surface area (TPSA) is 51.2 Å². The number of hydrogen-bond donors (Lipinski definition) is 1. The van der Waals surface area contributed by atoms with Crippen LogP contribution in [0.2, 0.25) is 0 Å². The molecule has 0 bridgehead atoms. The van der Waals surface area contributed by atoms with Gasteiger partial charge in [0.15, 0.2) is 0 Å². The van der Waals surface area contributed by atoms with Gasteiger partial charge in [0.1, 0.15) is 5.82 Å². The number of carbonyl (C=O) groups excluding carboxylic acids is 1. The Morgan fingerprint density at radius 2 is 2.28 bits per heavy atom. The van der Waals surface area contributed by atoms with Gasteiger partial charge in [-0.1, -0.05) is 0 Å². The number of ether oxygens (including phenoxy) is 1. The van der Waals surface area contributed by atoms with Crippen LogP contribution >= 0.6 is 27.3 Å². The van der Waals surface area contributed by atoms with Gasteiger partial charge in [-0.2, -0.15) is 0 Å². The first-order valence-corrected chi connectivity index (χ1v) is 6.84. The maximum absolute atomic E-state index is 11.4. The summed E-state index contributed by atoms with van der Waals surface area (Å²) in [6.45, 7) is 1.95. The van der Waals surface area contributed by atoms with E-state index in [2.05, 4.69) is 31.0 Å². The van der Waals surface area contributed by atoms with Crippen molar-refractivity contribution in [2.75, 3.05) is 12.4 Å². The minimum atomic E-state index is -0.355. The number of nitrogens with zero attached hydrogens (tertiary/aromatic N) is 1. The van der Waals surface area contributed by atoms with E-state index in [0.29, 0.717) is 5.56 Å². The van der Waals surface area contributed by atoms with Gasteiger partial charge in [-0.05, 0) is 41.1 Å². The molecule has 2 rings (SSSR count). The summed E-state index contributed by atoms with van der Waals surface area (Å²) in [5.41, 5.74) is 1.36. The molecule has 1 aromatic carbocycles. The molecule has 1 aromatic heterocycles. The van der Waals surface area contributed by atoms with Crippen LogP contribution in [0, 0.1) is 6.92 Å². The highest BCUT2D eigenvalue weighted by molar-refractivity contribution is 9.10. The number of benzene rings is 1. The van der Waals surface area contributed by atoms with Crippen LogP contribution in [0.5, 0.6) is 0 Å². The number of anilines is 2. The molecule has 0 atom stereocenters. The van der Waals surface area contributed by atoms with Gasteiger partial charge >= 0.3 is 5.97 Å². The van der Waals surface area contributed by atoms with E-state index in [0.717, 1.165) is 21.0 Å². The third kappa shape index (κ3) is 2.88. The first-order valence-electron chi connectivity index (χ1n) is 5.17. The third-order valence-corrected chi connectivity index (χ3v) is 3.70. The summed E-state index contributed by atoms with van der Waals surface area (Å²) in [6, 6.07) is 5.23. The van der Waals surface area contributed by atoms with Crippen LogP contribution in [0.3, 0.4) is 0 Å². The summed E-state index contributed by atoms with van der Waals surface area (Å²) >= 11 is 4.99. The van der Waals surface area contributed by atoms with Crippen molar-refractivity contribution in [2.45, 2.75) is 6.92 Å². The van der Waals surface area contributed by atoms with Crippen LogP contribution in [-0.4, -0.2) is 18.1 Å². The molecule has 1 N–H and O–H groups in total. The minimum Gasteiger partial charge on any atom is -0.465 e. The molecule has 2 aromatic rings. The maximum atomic E-state index is 11.4. The number of halogens is 1. The van der Waals surface area contributed by atoms with Crippen LogP contribution in [0.15, 0.2) is 28.1 Å². The number of methoxy groups -OCH3 is 1. The van der Waals surface area contributed by atoms with Crippen molar-refractivity contribution >= 4 is 44.7 Å². The summed E-state index contributed by atoms with van der Waals surface area (Å²) in [5.74, 6) is 0.441. The summed E-state index contributed by atoms with van der Waals surface area (Å²) in [5, 5.41) is 6.12. The van der Waals surface area contributed by atoms with E-state index in [1.165, 1.54) is 7.11 Å². The SMILES string of the molecule is COC(=O)c1ccc(Nc2csc(C)n2)c(Br)c1. The van der Waals surface area contributed by atoms with Gasteiger partial charge in [0.05, 0.1) is 23.4 Å². The smallest absolute Gasteiger partial charge is 0.337 e. The lowest BCUT2D eigenvalue weighted by Gasteiger charge is -2.07. The number of hydrogen-bond acceptors (Lipinski definition) is 5. The molecule has 0 spiro atoms. The highest BCUT2D eigenvalue weighted by atomic mass is 79.9. The largest absolute Gasteiger partial charge is 0.465 e. The number of aryl methyl sites for hydroxylation is 1. The molecule has 0 saturated heterocycles. The Bertz CT molecular complexity index is 583. The van der Waals surface area contributed by atoms with Crippen LogP contribution in [-0.2, 0) is 4.74 Å². The zero-order valence-electron chi connectivity index (χ0n) is 9.86. The number of rotatable bonds is 3. The van der Waals surface area contributed by atoms with E-state index < -0.39 is 0 Å². The number of thiazole rings is 1. The van der Waals surface area contributed by atoms with E-state index in [1.807, 2.05) is 18.4 Å². The monoisotopic (exact) mass is 326 g/mol. The second kappa shape index (κ2) is 5.49. The average Bonchev–Trinajstić information content (AvgIpc) is 2.76. The minimum absolute atomic E-state index is 0.355. The zero-order chi connectivity index (χ0) is 13.1. The molecule has 0 radical (unpaired) electrons. The second-order valence-corrected chi connectivity index (χ2v) is 5.48. The standard InChI is InChI=1S/C12H11BrN2O2S/c1-7-14-11(6-18-7)15-10-4-3-8(5-9(10)13)12(16)17-2/h3-6,15H,1-2H3. The lowest BCUT2D eigenvalue weighted by Crippen LogP contribution is -2.01. The fourth-order valence-corrected chi connectivity index (χ4v) is 2.44. The molecule has 0 saturated carbocycles. The van der Waals surface area contributed by atoms with Crippen molar-refractivity contribution in [3.8, 4) is 0 Å². The van der Waals surface area contributed by atoms with E-state index in [4.69, 9.17) is 0 Å². The van der Waals surface area contributed by atoms with Crippen LogP contribution in [0.4, 0.5) is 11.5 Å². The van der Waals surface area contributed by atoms with Crippen molar-refractivity contribution in [3.05, 3.63) is 38.6 Å². The number of esters is 1. The quantitative estimate of drug-likeness (QED) is 0.873. The maximum Gasteiger partial charge on any atom is 0.337 e. The molecule has 4 nitrogen and oxygen atoms in total. The highest BCUT2D eigenvalue weighted by Crippen LogP contribution is 2.27. The predicted molar refractivity (Wildman–Crippen MR) is 75.6 cm³/mol. The molecule has 6 heteroatoms. The molecule has 0 unspecified atom stereocenters. The first kappa shape index (κ1) is 13.0. The molecular formula is C12H11BrN2O2S. The van der Waals surface area contributed by atoms with Crippen molar-refractivity contribution in [1.82, 2.24) is 4.98 Å². The zero-order valence-corrected chi connectivity index (χ0v) is 12.3. The van der Waals surface area contributed by atoms with Gasteiger partial charge in [-0.25, -0.2) is 9.78 Å². The molecule has 0 aliphatic rings. The van der Waals surface area contributed by atoms with Gasteiger partial charge in [-0.3, -0.25) is 0 Å². The summed E-state index contributed by atoms with van der Waals surface area (Å²) in [7, 11) is 1.36. The highest BCUT2D eigenvalue weighted by Gasteiger charge is 2.09. The number of aromatic nitrogens is 1. The molecule has 18 heavy (non-hydrogen) atoms. The van der Waals surface area contributed by atoms with Crippen molar-refractivity contribution in [3.63, 3.8) is 0 Å². The molecule has 0 aliphatic heterocycles. The van der Waals surface area contributed by atoms with Gasteiger partial charge in [0, 0.05) is 9.85 Å². The second-order valence-electron chi connectivity index (χ2n) is 3.56. The molecular weight excluding hydrogens is 316 g/mol. The molecule has 0 aliphatic carbocycles. The van der Waals surface area contributed by atoms with Crippen molar-refractivity contribution < 1.29 is 9.53 Å². The van der Waals surface area contributed by atoms with Crippen LogP contribution in [0.25, 0.3) is 0 Å². The van der Waals surface area contributed by atoms with Gasteiger partial charge in [-0.15, -0.1) is 11.3 Å². The van der Waals surface area contributed by atoms with Crippen molar-refractivity contribution in [2.24, 2.45) is 0 Å². The Hall–Kier alpha value is -1.40. The molecule has 94 valence electrons. The molecule has 1 heterocycles. The van der Waals surface area contributed by atoms with Crippen molar-refractivity contribution in [1.29, 1.82) is 0 Å². The first-order chi connectivity index (χ1) is 8.60. The predicted octanol–water partition coefficient (Wildman–Crippen LogP) is 3.74. The average molecular weight is 327 g/mol.